The number of hydrogen-bond acceptors (Lipinski definition) is 4. The van der Waals surface area contributed by atoms with Crippen LogP contribution in [-0.2, 0) is 12.3 Å². The normalized spacial score (nSPS) is 10.6. The molecule has 84 valence electrons. The lowest BCUT2D eigenvalue weighted by atomic mass is 10.4. The van der Waals surface area contributed by atoms with Gasteiger partial charge in [-0.05, 0) is 19.1 Å². The van der Waals surface area contributed by atoms with Crippen LogP contribution in [0.25, 0.3) is 0 Å². The van der Waals surface area contributed by atoms with E-state index < -0.39 is 0 Å². The summed E-state index contributed by atoms with van der Waals surface area (Å²) in [7, 11) is 0. The number of aryl methyl sites for hydroxylation is 1. The van der Waals surface area contributed by atoms with Crippen LogP contribution in [0, 0.1) is 0 Å². The summed E-state index contributed by atoms with van der Waals surface area (Å²) in [4.78, 5) is 5.17. The standard InChI is InChI=1S/C11H14N4S/c1-2-15-7-9(5-14-15)8-16-10-3-4-11(12)13-6-10/h3-7H,2,8H2,1H3,(H2,12,13). The quantitative estimate of drug-likeness (QED) is 0.824. The van der Waals surface area contributed by atoms with Crippen molar-refractivity contribution in [2.24, 2.45) is 0 Å². The molecule has 0 radical (unpaired) electrons. The van der Waals surface area contributed by atoms with E-state index in [0.717, 1.165) is 17.2 Å². The number of nitrogens with two attached hydrogens (primary N) is 1. The van der Waals surface area contributed by atoms with Crippen molar-refractivity contribution in [3.63, 3.8) is 0 Å². The third-order valence-corrected chi connectivity index (χ3v) is 3.23. The summed E-state index contributed by atoms with van der Waals surface area (Å²) in [5.41, 5.74) is 6.75. The van der Waals surface area contributed by atoms with Gasteiger partial charge in [-0.1, -0.05) is 0 Å². The Morgan fingerprint density at radius 3 is 2.88 bits per heavy atom. The maximum absolute atomic E-state index is 5.52. The van der Waals surface area contributed by atoms with Crippen LogP contribution < -0.4 is 5.73 Å². The zero-order chi connectivity index (χ0) is 11.4. The Balaban J connectivity index is 1.94. The van der Waals surface area contributed by atoms with E-state index in [2.05, 4.69) is 23.2 Å². The van der Waals surface area contributed by atoms with Gasteiger partial charge in [-0.2, -0.15) is 5.10 Å². The predicted octanol–water partition coefficient (Wildman–Crippen LogP) is 2.17. The summed E-state index contributed by atoms with van der Waals surface area (Å²) in [6.07, 6.45) is 5.77. The molecular formula is C11H14N4S. The summed E-state index contributed by atoms with van der Waals surface area (Å²) in [5.74, 6) is 1.47. The molecule has 16 heavy (non-hydrogen) atoms. The lowest BCUT2D eigenvalue weighted by molar-refractivity contribution is 0.659. The van der Waals surface area contributed by atoms with Gasteiger partial charge in [-0.3, -0.25) is 4.68 Å². The second kappa shape index (κ2) is 5.03. The van der Waals surface area contributed by atoms with Crippen LogP contribution in [0.1, 0.15) is 12.5 Å². The molecule has 2 aromatic rings. The first-order valence-corrected chi connectivity index (χ1v) is 6.12. The number of nitrogen functional groups attached to an aromatic ring is 1. The largest absolute Gasteiger partial charge is 0.384 e. The second-order valence-corrected chi connectivity index (χ2v) is 4.46. The highest BCUT2D eigenvalue weighted by molar-refractivity contribution is 7.98. The molecule has 5 heteroatoms. The molecular weight excluding hydrogens is 220 g/mol. The van der Waals surface area contributed by atoms with Gasteiger partial charge in [0, 0.05) is 35.2 Å². The van der Waals surface area contributed by atoms with Crippen molar-refractivity contribution in [2.45, 2.75) is 24.1 Å². The maximum atomic E-state index is 5.52. The van der Waals surface area contributed by atoms with Gasteiger partial charge in [-0.15, -0.1) is 11.8 Å². The van der Waals surface area contributed by atoms with Gasteiger partial charge in [0.25, 0.3) is 0 Å². The van der Waals surface area contributed by atoms with Crippen LogP contribution in [0.5, 0.6) is 0 Å². The minimum atomic E-state index is 0.558. The third-order valence-electron chi connectivity index (χ3n) is 2.18. The molecule has 0 amide bonds. The molecule has 0 unspecified atom stereocenters. The number of thioether (sulfide) groups is 1. The van der Waals surface area contributed by atoms with Crippen LogP contribution in [0.3, 0.4) is 0 Å². The molecule has 0 saturated carbocycles. The van der Waals surface area contributed by atoms with Gasteiger partial charge in [0.2, 0.25) is 0 Å². The van der Waals surface area contributed by atoms with Gasteiger partial charge in [0.1, 0.15) is 5.82 Å². The Labute approximate surface area is 98.9 Å². The van der Waals surface area contributed by atoms with Gasteiger partial charge in [-0.25, -0.2) is 4.98 Å². The molecule has 0 aliphatic rings. The fourth-order valence-electron chi connectivity index (χ4n) is 1.30. The van der Waals surface area contributed by atoms with E-state index in [1.165, 1.54) is 5.56 Å². The van der Waals surface area contributed by atoms with E-state index in [4.69, 9.17) is 5.73 Å². The Hall–Kier alpha value is -1.49. The van der Waals surface area contributed by atoms with Gasteiger partial charge < -0.3 is 5.73 Å². The van der Waals surface area contributed by atoms with E-state index in [9.17, 15) is 0 Å². The summed E-state index contributed by atoms with van der Waals surface area (Å²) in [6, 6.07) is 3.80. The van der Waals surface area contributed by atoms with Crippen molar-refractivity contribution in [1.29, 1.82) is 0 Å². The first-order chi connectivity index (χ1) is 7.78. The van der Waals surface area contributed by atoms with E-state index in [-0.39, 0.29) is 0 Å². The van der Waals surface area contributed by atoms with Crippen molar-refractivity contribution in [3.05, 3.63) is 36.3 Å². The Bertz CT molecular complexity index is 449. The van der Waals surface area contributed by atoms with Crippen molar-refractivity contribution in [2.75, 3.05) is 5.73 Å². The third kappa shape index (κ3) is 2.76. The van der Waals surface area contributed by atoms with Gasteiger partial charge >= 0.3 is 0 Å². The lowest BCUT2D eigenvalue weighted by Gasteiger charge is -1.99. The topological polar surface area (TPSA) is 56.7 Å². The molecule has 0 fully saturated rings. The molecule has 2 rings (SSSR count). The minimum absolute atomic E-state index is 0.558. The lowest BCUT2D eigenvalue weighted by Crippen LogP contribution is -1.92. The maximum Gasteiger partial charge on any atom is 0.123 e. The number of rotatable bonds is 4. The highest BCUT2D eigenvalue weighted by atomic mass is 32.2. The van der Waals surface area contributed by atoms with Crippen molar-refractivity contribution >= 4 is 17.6 Å². The Morgan fingerprint density at radius 1 is 1.38 bits per heavy atom. The van der Waals surface area contributed by atoms with Crippen LogP contribution in [-0.4, -0.2) is 14.8 Å². The molecule has 0 saturated heterocycles. The summed E-state index contributed by atoms with van der Waals surface area (Å²) in [5, 5.41) is 4.23. The Morgan fingerprint density at radius 2 is 2.25 bits per heavy atom. The second-order valence-electron chi connectivity index (χ2n) is 3.41. The average molecular weight is 234 g/mol. The molecule has 4 nitrogen and oxygen atoms in total. The van der Waals surface area contributed by atoms with Crippen molar-refractivity contribution in [1.82, 2.24) is 14.8 Å². The van der Waals surface area contributed by atoms with Crippen LogP contribution in [0.4, 0.5) is 5.82 Å². The fourth-order valence-corrected chi connectivity index (χ4v) is 2.07. The molecule has 2 N–H and O–H groups in total. The molecule has 2 heterocycles. The van der Waals surface area contributed by atoms with Gasteiger partial charge in [0.15, 0.2) is 0 Å². The molecule has 0 aromatic carbocycles. The van der Waals surface area contributed by atoms with Crippen LogP contribution >= 0.6 is 11.8 Å². The highest BCUT2D eigenvalue weighted by Crippen LogP contribution is 2.21. The van der Waals surface area contributed by atoms with Crippen LogP contribution in [0.15, 0.2) is 35.6 Å². The molecule has 2 aromatic heterocycles. The molecule has 0 aliphatic heterocycles. The summed E-state index contributed by atoms with van der Waals surface area (Å²) in [6.45, 7) is 2.99. The van der Waals surface area contributed by atoms with E-state index >= 15 is 0 Å². The Kier molecular flexibility index (Phi) is 3.46. The zero-order valence-electron chi connectivity index (χ0n) is 9.13. The molecule has 0 atom stereocenters. The average Bonchev–Trinajstić information content (AvgIpc) is 2.76. The number of aromatic nitrogens is 3. The molecule has 0 spiro atoms. The van der Waals surface area contributed by atoms with Crippen molar-refractivity contribution in [3.8, 4) is 0 Å². The number of nitrogens with zero attached hydrogens (tertiary/aromatic N) is 3. The predicted molar refractivity (Wildman–Crippen MR) is 66.1 cm³/mol. The van der Waals surface area contributed by atoms with E-state index in [0.29, 0.717) is 5.82 Å². The highest BCUT2D eigenvalue weighted by Gasteiger charge is 1.99. The first kappa shape index (κ1) is 11.0. The zero-order valence-corrected chi connectivity index (χ0v) is 9.94. The van der Waals surface area contributed by atoms with Crippen LogP contribution in [0.2, 0.25) is 0 Å². The number of anilines is 1. The summed E-state index contributed by atoms with van der Waals surface area (Å²) >= 11 is 1.73. The fraction of sp³-hybridized carbons (Fsp3) is 0.273. The monoisotopic (exact) mass is 234 g/mol. The first-order valence-electron chi connectivity index (χ1n) is 5.13. The van der Waals surface area contributed by atoms with E-state index in [1.807, 2.05) is 23.0 Å². The van der Waals surface area contributed by atoms with Gasteiger partial charge in [0.05, 0.1) is 6.20 Å². The minimum Gasteiger partial charge on any atom is -0.384 e. The summed E-state index contributed by atoms with van der Waals surface area (Å²) < 4.78 is 1.93. The smallest absolute Gasteiger partial charge is 0.123 e. The number of hydrogen-bond donors (Lipinski definition) is 1. The molecule has 0 bridgehead atoms. The van der Waals surface area contributed by atoms with Crippen molar-refractivity contribution < 1.29 is 0 Å². The molecule has 0 aliphatic carbocycles. The SMILES string of the molecule is CCn1cc(CSc2ccc(N)nc2)cn1. The number of pyridine rings is 1. The van der Waals surface area contributed by atoms with E-state index in [1.54, 1.807) is 18.0 Å².